The van der Waals surface area contributed by atoms with Crippen molar-refractivity contribution in [1.29, 1.82) is 0 Å². The number of amidine groups is 1. The van der Waals surface area contributed by atoms with E-state index in [9.17, 15) is 0 Å². The Balaban J connectivity index is 2.15. The third-order valence-corrected chi connectivity index (χ3v) is 2.68. The number of hydrogen-bond donors (Lipinski definition) is 1. The van der Waals surface area contributed by atoms with Crippen LogP contribution in [0.4, 0.5) is 5.69 Å². The van der Waals surface area contributed by atoms with Crippen LogP contribution in [0.3, 0.4) is 0 Å². The van der Waals surface area contributed by atoms with Crippen LogP contribution in [0, 0.1) is 0 Å². The summed E-state index contributed by atoms with van der Waals surface area (Å²) < 4.78 is 0. The van der Waals surface area contributed by atoms with Crippen LogP contribution in [0.5, 0.6) is 0 Å². The average molecular weight is 294 g/mol. The fourth-order valence-electron chi connectivity index (χ4n) is 1.25. The Kier molecular flexibility index (Phi) is 4.43. The summed E-state index contributed by atoms with van der Waals surface area (Å²) in [6.07, 6.45) is 1.62. The molecule has 0 aliphatic carbocycles. The summed E-state index contributed by atoms with van der Waals surface area (Å²) >= 11 is 11.7. The maximum Gasteiger partial charge on any atom is 0.173 e. The van der Waals surface area contributed by atoms with E-state index in [1.54, 1.807) is 42.6 Å². The van der Waals surface area contributed by atoms with E-state index < -0.39 is 0 Å². The van der Waals surface area contributed by atoms with Gasteiger partial charge < -0.3 is 5.73 Å². The summed E-state index contributed by atoms with van der Waals surface area (Å²) in [6, 6.07) is 10.2. The van der Waals surface area contributed by atoms with Gasteiger partial charge in [-0.15, -0.1) is 10.2 Å². The zero-order valence-electron chi connectivity index (χ0n) is 9.66. The molecule has 0 amide bonds. The van der Waals surface area contributed by atoms with Crippen molar-refractivity contribution in [3.05, 3.63) is 58.3 Å². The van der Waals surface area contributed by atoms with Gasteiger partial charge in [0.1, 0.15) is 11.4 Å². The Morgan fingerprint density at radius 3 is 2.68 bits per heavy atom. The number of nitrogens with zero attached hydrogens (tertiary/aromatic N) is 4. The summed E-state index contributed by atoms with van der Waals surface area (Å²) in [6.45, 7) is 0. The average Bonchev–Trinajstić information content (AvgIpc) is 2.42. The highest BCUT2D eigenvalue weighted by atomic mass is 35.5. The lowest BCUT2D eigenvalue weighted by Crippen LogP contribution is -2.13. The molecule has 0 bridgehead atoms. The minimum atomic E-state index is 0.175. The monoisotopic (exact) mass is 293 g/mol. The van der Waals surface area contributed by atoms with Gasteiger partial charge in [0.25, 0.3) is 0 Å². The van der Waals surface area contributed by atoms with Crippen molar-refractivity contribution in [2.45, 2.75) is 0 Å². The van der Waals surface area contributed by atoms with Gasteiger partial charge >= 0.3 is 0 Å². The topological polar surface area (TPSA) is 76.0 Å². The molecule has 0 aliphatic heterocycles. The van der Waals surface area contributed by atoms with Crippen molar-refractivity contribution >= 4 is 34.7 Å². The number of pyridine rings is 1. The zero-order chi connectivity index (χ0) is 13.7. The third kappa shape index (κ3) is 3.74. The predicted octanol–water partition coefficient (Wildman–Crippen LogP) is 3.79. The van der Waals surface area contributed by atoms with Crippen molar-refractivity contribution in [1.82, 2.24) is 4.98 Å². The second kappa shape index (κ2) is 6.26. The molecule has 2 N–H and O–H groups in total. The fourth-order valence-corrected chi connectivity index (χ4v) is 1.69. The summed E-state index contributed by atoms with van der Waals surface area (Å²) in [5.41, 5.74) is 6.69. The molecule has 2 rings (SSSR count). The zero-order valence-corrected chi connectivity index (χ0v) is 11.2. The first-order chi connectivity index (χ1) is 9.16. The van der Waals surface area contributed by atoms with E-state index in [-0.39, 0.29) is 5.84 Å². The van der Waals surface area contributed by atoms with Crippen LogP contribution >= 0.6 is 23.2 Å². The van der Waals surface area contributed by atoms with Crippen LogP contribution in [0.2, 0.25) is 10.0 Å². The smallest absolute Gasteiger partial charge is 0.173 e. The summed E-state index contributed by atoms with van der Waals surface area (Å²) in [7, 11) is 0. The molecule has 0 aliphatic rings. The Bertz CT molecular complexity index is 625. The van der Waals surface area contributed by atoms with E-state index in [1.165, 1.54) is 0 Å². The third-order valence-electron chi connectivity index (χ3n) is 2.14. The molecule has 7 heteroatoms. The van der Waals surface area contributed by atoms with Crippen LogP contribution in [0.15, 0.2) is 58.0 Å². The lowest BCUT2D eigenvalue weighted by molar-refractivity contribution is 1.05. The predicted molar refractivity (Wildman–Crippen MR) is 75.9 cm³/mol. The molecule has 0 fully saturated rings. The molecule has 1 heterocycles. The molecule has 19 heavy (non-hydrogen) atoms. The van der Waals surface area contributed by atoms with E-state index in [0.717, 1.165) is 0 Å². The van der Waals surface area contributed by atoms with Gasteiger partial charge in [-0.3, -0.25) is 4.98 Å². The lowest BCUT2D eigenvalue weighted by atomic mass is 10.3. The van der Waals surface area contributed by atoms with E-state index >= 15 is 0 Å². The van der Waals surface area contributed by atoms with E-state index in [0.29, 0.717) is 21.4 Å². The number of halogens is 2. The van der Waals surface area contributed by atoms with Gasteiger partial charge in [-0.1, -0.05) is 29.3 Å². The SMILES string of the molecule is N/C(=N\N=Nc1ccc(Cl)cc1Cl)c1ccccn1. The van der Waals surface area contributed by atoms with Crippen LogP contribution in [-0.2, 0) is 0 Å². The number of rotatable bonds is 3. The van der Waals surface area contributed by atoms with Crippen LogP contribution in [-0.4, -0.2) is 10.8 Å². The number of hydrogen-bond acceptors (Lipinski definition) is 3. The molecular weight excluding hydrogens is 285 g/mol. The second-order valence-electron chi connectivity index (χ2n) is 3.49. The highest BCUT2D eigenvalue weighted by Gasteiger charge is 2.00. The normalized spacial score (nSPS) is 12.0. The van der Waals surface area contributed by atoms with Gasteiger partial charge in [-0.2, -0.15) is 0 Å². The van der Waals surface area contributed by atoms with Crippen LogP contribution in [0.1, 0.15) is 5.69 Å². The second-order valence-corrected chi connectivity index (χ2v) is 4.33. The first-order valence-electron chi connectivity index (χ1n) is 5.27. The Morgan fingerprint density at radius 2 is 2.00 bits per heavy atom. The van der Waals surface area contributed by atoms with Crippen molar-refractivity contribution in [2.24, 2.45) is 21.2 Å². The van der Waals surface area contributed by atoms with E-state index in [2.05, 4.69) is 20.4 Å². The number of nitrogens with two attached hydrogens (primary N) is 1. The summed E-state index contributed by atoms with van der Waals surface area (Å²) in [4.78, 5) is 4.03. The minimum absolute atomic E-state index is 0.175. The molecule has 0 saturated carbocycles. The van der Waals surface area contributed by atoms with Crippen LogP contribution < -0.4 is 5.73 Å². The lowest BCUT2D eigenvalue weighted by Gasteiger charge is -1.97. The molecule has 0 spiro atoms. The quantitative estimate of drug-likeness (QED) is 0.404. The highest BCUT2D eigenvalue weighted by Crippen LogP contribution is 2.27. The van der Waals surface area contributed by atoms with Gasteiger partial charge in [-0.25, -0.2) is 0 Å². The number of aromatic nitrogens is 1. The van der Waals surface area contributed by atoms with Gasteiger partial charge in [0.05, 0.1) is 5.02 Å². The molecule has 0 radical (unpaired) electrons. The summed E-state index contributed by atoms with van der Waals surface area (Å²) in [5, 5.41) is 12.2. The molecule has 0 unspecified atom stereocenters. The standard InChI is InChI=1S/C12H9Cl2N5/c13-8-4-5-10(9(14)7-8)17-19-18-12(15)11-3-1-2-6-16-11/h1-7H,(H2,15,17,18). The minimum Gasteiger partial charge on any atom is -0.380 e. The molecule has 5 nitrogen and oxygen atoms in total. The molecular formula is C12H9Cl2N5. The van der Waals surface area contributed by atoms with Gasteiger partial charge in [-0.05, 0) is 35.6 Å². The maximum absolute atomic E-state index is 5.93. The van der Waals surface area contributed by atoms with E-state index in [4.69, 9.17) is 28.9 Å². The van der Waals surface area contributed by atoms with Crippen molar-refractivity contribution in [3.8, 4) is 0 Å². The molecule has 0 atom stereocenters. The molecule has 2 aromatic rings. The van der Waals surface area contributed by atoms with Crippen LogP contribution in [0.25, 0.3) is 0 Å². The Hall–Kier alpha value is -1.98. The van der Waals surface area contributed by atoms with Gasteiger partial charge in [0, 0.05) is 11.2 Å². The molecule has 96 valence electrons. The first kappa shape index (κ1) is 13.5. The largest absolute Gasteiger partial charge is 0.380 e. The first-order valence-corrected chi connectivity index (χ1v) is 6.03. The summed E-state index contributed by atoms with van der Waals surface area (Å²) in [5.74, 6) is 0.175. The maximum atomic E-state index is 5.93. The van der Waals surface area contributed by atoms with Gasteiger partial charge in [0.15, 0.2) is 5.84 Å². The molecule has 0 saturated heterocycles. The van der Waals surface area contributed by atoms with Gasteiger partial charge in [0.2, 0.25) is 0 Å². The molecule has 1 aromatic carbocycles. The van der Waals surface area contributed by atoms with Crippen molar-refractivity contribution in [2.75, 3.05) is 0 Å². The Morgan fingerprint density at radius 1 is 1.16 bits per heavy atom. The highest BCUT2D eigenvalue weighted by molar-refractivity contribution is 6.36. The Labute approximate surface area is 119 Å². The van der Waals surface area contributed by atoms with E-state index in [1.807, 2.05) is 0 Å². The number of benzene rings is 1. The fraction of sp³-hybridized carbons (Fsp3) is 0. The van der Waals surface area contributed by atoms with Crippen molar-refractivity contribution < 1.29 is 0 Å². The van der Waals surface area contributed by atoms with Crippen molar-refractivity contribution in [3.63, 3.8) is 0 Å². The molecule has 1 aromatic heterocycles.